The van der Waals surface area contributed by atoms with Crippen LogP contribution in [0.2, 0.25) is 0 Å². The van der Waals surface area contributed by atoms with Crippen molar-refractivity contribution >= 4 is 17.4 Å². The Morgan fingerprint density at radius 3 is 2.57 bits per heavy atom. The number of amides is 1. The number of hydrogen-bond donors (Lipinski definition) is 3. The summed E-state index contributed by atoms with van der Waals surface area (Å²) in [6, 6.07) is 20.1. The Kier molecular flexibility index (Phi) is 5.65. The Hall–Kier alpha value is -4.14. The monoisotopic (exact) mass is 463 g/mol. The molecule has 2 aliphatic heterocycles. The molecule has 174 valence electrons. The number of fused-ring (bicyclic) bond motifs is 1. The largest absolute Gasteiger partial charge is 0.340 e. The molecule has 1 fully saturated rings. The summed E-state index contributed by atoms with van der Waals surface area (Å²) >= 11 is 0. The third kappa shape index (κ3) is 4.49. The molecule has 2 aromatic heterocycles. The second kappa shape index (κ2) is 9.25. The van der Waals surface area contributed by atoms with E-state index in [0.717, 1.165) is 41.3 Å². The van der Waals surface area contributed by atoms with Crippen LogP contribution in [0.4, 0.5) is 11.5 Å². The fourth-order valence-electron chi connectivity index (χ4n) is 4.60. The van der Waals surface area contributed by atoms with E-state index in [0.29, 0.717) is 30.4 Å². The van der Waals surface area contributed by atoms with E-state index in [1.807, 2.05) is 17.0 Å². The van der Waals surface area contributed by atoms with Crippen molar-refractivity contribution in [1.29, 1.82) is 0 Å². The van der Waals surface area contributed by atoms with E-state index in [9.17, 15) is 4.79 Å². The Morgan fingerprint density at radius 1 is 0.943 bits per heavy atom. The summed E-state index contributed by atoms with van der Waals surface area (Å²) in [7, 11) is 0. The standard InChI is InChI=1S/C27H25N7O/c35-27(20-2-1-10-28-13-20)34-16-21-4-3-19(12-22(21)17-34)26-29-11-9-25(33-26)32-24-7-5-18(6-8-24)23-14-30-31-15-23/h1-13,23,30-31H,14-17H2,(H,29,32,33). The van der Waals surface area contributed by atoms with Gasteiger partial charge in [-0.25, -0.2) is 9.97 Å². The van der Waals surface area contributed by atoms with Gasteiger partial charge >= 0.3 is 0 Å². The van der Waals surface area contributed by atoms with Crippen molar-refractivity contribution in [2.75, 3.05) is 18.4 Å². The van der Waals surface area contributed by atoms with Crippen LogP contribution in [0.15, 0.2) is 79.3 Å². The molecule has 3 N–H and O–H groups in total. The molecule has 4 aromatic rings. The van der Waals surface area contributed by atoms with Crippen molar-refractivity contribution in [1.82, 2.24) is 30.7 Å². The van der Waals surface area contributed by atoms with Gasteiger partial charge in [0.05, 0.1) is 5.56 Å². The zero-order valence-electron chi connectivity index (χ0n) is 19.1. The quantitative estimate of drug-likeness (QED) is 0.416. The zero-order chi connectivity index (χ0) is 23.6. The molecule has 1 amide bonds. The molecule has 0 aliphatic carbocycles. The lowest BCUT2D eigenvalue weighted by Gasteiger charge is -2.14. The Morgan fingerprint density at radius 2 is 1.77 bits per heavy atom. The van der Waals surface area contributed by atoms with Gasteiger partial charge in [-0.3, -0.25) is 20.6 Å². The summed E-state index contributed by atoms with van der Waals surface area (Å²) in [5.41, 5.74) is 12.4. The molecule has 6 rings (SSSR count). The van der Waals surface area contributed by atoms with E-state index in [4.69, 9.17) is 4.98 Å². The maximum absolute atomic E-state index is 12.8. The topological polar surface area (TPSA) is 95.1 Å². The van der Waals surface area contributed by atoms with E-state index < -0.39 is 0 Å². The van der Waals surface area contributed by atoms with Gasteiger partial charge in [0.15, 0.2) is 5.82 Å². The highest BCUT2D eigenvalue weighted by Crippen LogP contribution is 2.29. The van der Waals surface area contributed by atoms with Crippen LogP contribution in [0, 0.1) is 0 Å². The number of anilines is 2. The third-order valence-corrected chi connectivity index (χ3v) is 6.51. The number of benzene rings is 2. The molecular weight excluding hydrogens is 438 g/mol. The highest BCUT2D eigenvalue weighted by atomic mass is 16.2. The van der Waals surface area contributed by atoms with Gasteiger partial charge in [-0.2, -0.15) is 0 Å². The van der Waals surface area contributed by atoms with Crippen LogP contribution in [0.5, 0.6) is 0 Å². The van der Waals surface area contributed by atoms with E-state index in [2.05, 4.69) is 62.5 Å². The van der Waals surface area contributed by atoms with Crippen LogP contribution in [0.3, 0.4) is 0 Å². The summed E-state index contributed by atoms with van der Waals surface area (Å²) in [6.07, 6.45) is 5.05. The molecule has 0 atom stereocenters. The third-order valence-electron chi connectivity index (χ3n) is 6.51. The number of hydrogen-bond acceptors (Lipinski definition) is 7. The van der Waals surface area contributed by atoms with Gasteiger partial charge < -0.3 is 10.2 Å². The maximum atomic E-state index is 12.8. The fraction of sp³-hybridized carbons (Fsp3) is 0.185. The number of pyridine rings is 1. The molecule has 35 heavy (non-hydrogen) atoms. The van der Waals surface area contributed by atoms with Gasteiger partial charge in [-0.15, -0.1) is 0 Å². The van der Waals surface area contributed by atoms with Crippen molar-refractivity contribution in [3.8, 4) is 11.4 Å². The lowest BCUT2D eigenvalue weighted by molar-refractivity contribution is 0.0751. The van der Waals surface area contributed by atoms with Gasteiger partial charge in [0.2, 0.25) is 0 Å². The molecular formula is C27H25N7O. The van der Waals surface area contributed by atoms with Crippen molar-refractivity contribution in [3.63, 3.8) is 0 Å². The summed E-state index contributed by atoms with van der Waals surface area (Å²) in [4.78, 5) is 28.0. The molecule has 0 radical (unpaired) electrons. The van der Waals surface area contributed by atoms with E-state index in [1.54, 1.807) is 30.7 Å². The predicted octanol–water partition coefficient (Wildman–Crippen LogP) is 3.63. The number of nitrogens with zero attached hydrogens (tertiary/aromatic N) is 4. The molecule has 8 nitrogen and oxygen atoms in total. The van der Waals surface area contributed by atoms with Crippen molar-refractivity contribution in [3.05, 3.63) is 102 Å². The van der Waals surface area contributed by atoms with Crippen LogP contribution in [-0.2, 0) is 13.1 Å². The second-order valence-electron chi connectivity index (χ2n) is 8.86. The fourth-order valence-corrected chi connectivity index (χ4v) is 4.60. The molecule has 1 saturated heterocycles. The summed E-state index contributed by atoms with van der Waals surface area (Å²) < 4.78 is 0. The number of nitrogens with one attached hydrogen (secondary N) is 3. The zero-order valence-corrected chi connectivity index (χ0v) is 19.1. The first-order valence-corrected chi connectivity index (χ1v) is 11.7. The number of rotatable bonds is 5. The Balaban J connectivity index is 1.17. The van der Waals surface area contributed by atoms with Gasteiger partial charge in [-0.05, 0) is 53.1 Å². The number of carbonyl (C=O) groups is 1. The molecule has 0 spiro atoms. The summed E-state index contributed by atoms with van der Waals surface area (Å²) in [5, 5.41) is 3.38. The second-order valence-corrected chi connectivity index (χ2v) is 8.86. The van der Waals surface area contributed by atoms with Crippen molar-refractivity contribution < 1.29 is 4.79 Å². The van der Waals surface area contributed by atoms with Gasteiger partial charge in [0.1, 0.15) is 5.82 Å². The molecule has 4 heterocycles. The molecule has 2 aromatic carbocycles. The average molecular weight is 464 g/mol. The van der Waals surface area contributed by atoms with Crippen LogP contribution in [0.25, 0.3) is 11.4 Å². The lowest BCUT2D eigenvalue weighted by atomic mass is 10.0. The Bertz CT molecular complexity index is 1350. The number of carbonyl (C=O) groups excluding carboxylic acids is 1. The first-order valence-electron chi connectivity index (χ1n) is 11.7. The summed E-state index contributed by atoms with van der Waals surface area (Å²) in [6.45, 7) is 3.04. The minimum absolute atomic E-state index is 0.00947. The van der Waals surface area contributed by atoms with E-state index in [-0.39, 0.29) is 5.91 Å². The Labute approximate surface area is 203 Å². The smallest absolute Gasteiger partial charge is 0.256 e. The first kappa shape index (κ1) is 21.4. The van der Waals surface area contributed by atoms with Gasteiger partial charge in [-0.1, -0.05) is 24.3 Å². The van der Waals surface area contributed by atoms with E-state index in [1.165, 1.54) is 5.56 Å². The number of hydrazine groups is 1. The highest BCUT2D eigenvalue weighted by Gasteiger charge is 2.25. The predicted molar refractivity (Wildman–Crippen MR) is 134 cm³/mol. The molecule has 2 aliphatic rings. The van der Waals surface area contributed by atoms with E-state index >= 15 is 0 Å². The molecule has 0 saturated carbocycles. The molecule has 0 unspecified atom stereocenters. The summed E-state index contributed by atoms with van der Waals surface area (Å²) in [5.74, 6) is 1.87. The van der Waals surface area contributed by atoms with Crippen LogP contribution in [0.1, 0.15) is 33.0 Å². The average Bonchev–Trinajstić information content (AvgIpc) is 3.59. The number of aromatic nitrogens is 3. The normalized spacial score (nSPS) is 15.3. The SMILES string of the molecule is O=C(c1cccnc1)N1Cc2ccc(-c3nccc(Nc4ccc(C5CNNC5)cc4)n3)cc2C1. The van der Waals surface area contributed by atoms with Crippen LogP contribution in [-0.4, -0.2) is 38.8 Å². The highest BCUT2D eigenvalue weighted by molar-refractivity contribution is 5.94. The van der Waals surface area contributed by atoms with Crippen LogP contribution >= 0.6 is 0 Å². The molecule has 0 bridgehead atoms. The maximum Gasteiger partial charge on any atom is 0.256 e. The minimum atomic E-state index is -0.00947. The van der Waals surface area contributed by atoms with Crippen molar-refractivity contribution in [2.24, 2.45) is 0 Å². The minimum Gasteiger partial charge on any atom is -0.340 e. The van der Waals surface area contributed by atoms with Gasteiger partial charge in [0, 0.05) is 61.9 Å². The lowest BCUT2D eigenvalue weighted by Crippen LogP contribution is -2.25. The first-order chi connectivity index (χ1) is 17.2. The van der Waals surface area contributed by atoms with Crippen molar-refractivity contribution in [2.45, 2.75) is 19.0 Å². The molecule has 8 heteroatoms. The van der Waals surface area contributed by atoms with Crippen LogP contribution < -0.4 is 16.2 Å². The van der Waals surface area contributed by atoms with Gasteiger partial charge in [0.25, 0.3) is 5.91 Å².